The van der Waals surface area contributed by atoms with Gasteiger partial charge in [-0.15, -0.1) is 0 Å². The van der Waals surface area contributed by atoms with Crippen molar-refractivity contribution in [3.63, 3.8) is 0 Å². The van der Waals surface area contributed by atoms with Gasteiger partial charge in [0.2, 0.25) is 26.9 Å². The van der Waals surface area contributed by atoms with E-state index in [1.54, 1.807) is 0 Å². The van der Waals surface area contributed by atoms with Crippen LogP contribution in [0, 0.1) is 27.7 Å². The fourth-order valence-electron chi connectivity index (χ4n) is 19.4. The van der Waals surface area contributed by atoms with Crippen molar-refractivity contribution in [2.24, 2.45) is 0 Å². The highest BCUT2D eigenvalue weighted by Crippen LogP contribution is 2.46. The molecule has 0 N–H and O–H groups in total. The molecule has 0 bridgehead atoms. The summed E-state index contributed by atoms with van der Waals surface area (Å²) in [4.78, 5) is 9.74. The molecule has 8 aliphatic heterocycles. The zero-order chi connectivity index (χ0) is 71.8. The summed E-state index contributed by atoms with van der Waals surface area (Å²) in [6, 6.07) is 133. The Balaban J connectivity index is 0.0000000919. The number of hydrogen-bond donors (Lipinski definition) is 0. The summed E-state index contributed by atoms with van der Waals surface area (Å²) in [5, 5.41) is 0. The van der Waals surface area contributed by atoms with Gasteiger partial charge in [0.15, 0.2) is 0 Å². The van der Waals surface area contributed by atoms with Crippen LogP contribution < -0.4 is 85.2 Å². The van der Waals surface area contributed by atoms with Crippen LogP contribution in [-0.4, -0.2) is 26.9 Å². The molecule has 8 aliphatic rings. The largest absolute Gasteiger partial charge is 0.312 e. The molecule has 0 aliphatic carbocycles. The van der Waals surface area contributed by atoms with Crippen molar-refractivity contribution in [3.8, 4) is 44.5 Å². The Labute approximate surface area is 634 Å². The topological polar surface area (TPSA) is 13.0 Å². The van der Waals surface area contributed by atoms with Crippen LogP contribution in [0.5, 0.6) is 0 Å². The van der Waals surface area contributed by atoms with Gasteiger partial charge < -0.3 is 19.6 Å². The number of benzene rings is 16. The van der Waals surface area contributed by atoms with E-state index >= 15 is 0 Å². The van der Waals surface area contributed by atoms with Crippen LogP contribution in [0.25, 0.3) is 44.5 Å². The van der Waals surface area contributed by atoms with Crippen molar-refractivity contribution in [1.29, 1.82) is 0 Å². The van der Waals surface area contributed by atoms with Crippen molar-refractivity contribution in [2.45, 2.75) is 27.7 Å². The van der Waals surface area contributed by atoms with Gasteiger partial charge in [0.25, 0.3) is 0 Å². The third-order valence-electron chi connectivity index (χ3n) is 23.8. The maximum Gasteiger partial charge on any atom is 0.248 e. The molecule has 0 aromatic heterocycles. The van der Waals surface area contributed by atoms with Gasteiger partial charge in [-0.05, 0) is 224 Å². The Morgan fingerprint density at radius 3 is 0.935 bits per heavy atom. The first-order chi connectivity index (χ1) is 53.3. The first-order valence-electron chi connectivity index (χ1n) is 38.0. The summed E-state index contributed by atoms with van der Waals surface area (Å²) in [6.45, 7) is 10.00. The minimum absolute atomic E-state index is 0.322. The van der Waals surface area contributed by atoms with Gasteiger partial charge in [-0.25, -0.2) is 0 Å². The van der Waals surface area contributed by atoms with Crippen molar-refractivity contribution in [1.82, 2.24) is 0 Å². The van der Waals surface area contributed by atoms with Crippen LogP contribution in [0.1, 0.15) is 22.3 Å². The smallest absolute Gasteiger partial charge is 0.248 e. The lowest BCUT2D eigenvalue weighted by molar-refractivity contribution is 1.26. The molecule has 504 valence electrons. The SMILES string of the molecule is Cc1ccc(N2c3ccccc3B3c4ccccc4-c4cccc2c43)cc1.Cc1ccc2c(c1)N(c1ccccc1)c1cccc3c1B2c1ccccc1-3.Cc1cccc(N2c3ccccc3B3c4ccccc4-c4cccc2c43)c1.Cc1cccc2c1N(c1ccccc1)c1cccc3c1B2c1ccccc1-3. The fraction of sp³-hybridized carbons (Fsp3) is 0.0400. The molecule has 0 amide bonds. The van der Waals surface area contributed by atoms with Gasteiger partial charge in [-0.3, -0.25) is 0 Å². The number of aryl methyl sites for hydroxylation is 4. The summed E-state index contributed by atoms with van der Waals surface area (Å²) in [7, 11) is 0. The fourth-order valence-corrected chi connectivity index (χ4v) is 19.4. The second-order valence-corrected chi connectivity index (χ2v) is 29.9. The quantitative estimate of drug-likeness (QED) is 0.163. The summed E-state index contributed by atoms with van der Waals surface area (Å²) in [6.07, 6.45) is 0. The van der Waals surface area contributed by atoms with Gasteiger partial charge in [-0.2, -0.15) is 0 Å². The number of fused-ring (bicyclic) bond motifs is 20. The first-order valence-corrected chi connectivity index (χ1v) is 38.0. The Kier molecular flexibility index (Phi) is 14.9. The molecule has 0 saturated carbocycles. The average Bonchev–Trinajstić information content (AvgIpc) is 1.55. The third-order valence-corrected chi connectivity index (χ3v) is 23.8. The van der Waals surface area contributed by atoms with E-state index in [1.165, 1.54) is 201 Å². The normalized spacial score (nSPS) is 13.2. The van der Waals surface area contributed by atoms with Crippen LogP contribution in [0.3, 0.4) is 0 Å². The average molecular weight is 1370 g/mol. The van der Waals surface area contributed by atoms with E-state index in [0.29, 0.717) is 26.9 Å². The van der Waals surface area contributed by atoms with Gasteiger partial charge >= 0.3 is 0 Å². The molecule has 8 heteroatoms. The van der Waals surface area contributed by atoms with E-state index in [2.05, 4.69) is 411 Å². The van der Waals surface area contributed by atoms with Gasteiger partial charge in [-0.1, -0.05) is 300 Å². The molecule has 4 nitrogen and oxygen atoms in total. The van der Waals surface area contributed by atoms with E-state index < -0.39 is 0 Å². The molecule has 0 spiro atoms. The minimum atomic E-state index is 0.322. The van der Waals surface area contributed by atoms with Gasteiger partial charge in [0, 0.05) is 68.2 Å². The van der Waals surface area contributed by atoms with E-state index in [9.17, 15) is 0 Å². The Morgan fingerprint density at radius 1 is 0.176 bits per heavy atom. The number of anilines is 12. The molecular weight excluding hydrogens is 1300 g/mol. The Hall–Kier alpha value is -13.0. The molecule has 8 heterocycles. The van der Waals surface area contributed by atoms with E-state index in [1.807, 2.05) is 0 Å². The monoisotopic (exact) mass is 1370 g/mol. The Morgan fingerprint density at radius 2 is 0.472 bits per heavy atom. The lowest BCUT2D eigenvalue weighted by atomic mass is 9.37. The maximum atomic E-state index is 2.45. The van der Waals surface area contributed by atoms with E-state index in [4.69, 9.17) is 0 Å². The highest BCUT2D eigenvalue weighted by atomic mass is 15.2. The molecule has 16 aromatic rings. The summed E-state index contributed by atoms with van der Waals surface area (Å²) in [5.41, 5.74) is 48.5. The second kappa shape index (κ2) is 25.4. The lowest BCUT2D eigenvalue weighted by Gasteiger charge is -2.37. The van der Waals surface area contributed by atoms with Crippen LogP contribution in [0.15, 0.2) is 364 Å². The minimum Gasteiger partial charge on any atom is -0.312 e. The standard InChI is InChI=1S/4C25H18BN/c1-17-8-6-9-18(16-17)27-23-14-5-4-13-22(23)26-21-12-3-2-10-19(21)20-11-7-15-24(27)25(20)26;1-17-13-15-18(16-14-17)27-23-11-5-4-10-22(23)26-21-9-3-2-7-19(21)20-8-6-12-24(27)25(20)26;1-17-9-7-15-22-25(17)27(18-10-3-2-4-11-18)23-16-8-13-20-19-12-5-6-14-21(19)26(22)24(20)23;1-17-14-15-22-24(16-17)27(18-8-3-2-4-9-18)23-13-7-11-20-19-10-5-6-12-21(19)26(22)25(20)23/h4*2-16H,1H3. The molecular formula is C100H72B4N4. The van der Waals surface area contributed by atoms with Crippen LogP contribution >= 0.6 is 0 Å². The molecule has 0 saturated heterocycles. The van der Waals surface area contributed by atoms with Crippen LogP contribution in [0.2, 0.25) is 0 Å². The first kappa shape index (κ1) is 63.5. The molecule has 0 atom stereocenters. The van der Waals surface area contributed by atoms with Crippen molar-refractivity contribution < 1.29 is 0 Å². The molecule has 16 aromatic carbocycles. The number of hydrogen-bond acceptors (Lipinski definition) is 4. The lowest BCUT2D eigenvalue weighted by Crippen LogP contribution is -2.54. The number of rotatable bonds is 4. The zero-order valence-electron chi connectivity index (χ0n) is 60.7. The molecule has 108 heavy (non-hydrogen) atoms. The molecule has 0 radical (unpaired) electrons. The highest BCUT2D eigenvalue weighted by molar-refractivity contribution is 7.03. The molecule has 0 fully saturated rings. The predicted octanol–water partition coefficient (Wildman–Crippen LogP) is 17.1. The van der Waals surface area contributed by atoms with Gasteiger partial charge in [0.1, 0.15) is 0 Å². The van der Waals surface area contributed by atoms with Gasteiger partial charge in [0.05, 0.1) is 0 Å². The maximum absolute atomic E-state index is 2.45. The van der Waals surface area contributed by atoms with Crippen molar-refractivity contribution in [2.75, 3.05) is 19.6 Å². The summed E-state index contributed by atoms with van der Waals surface area (Å²) < 4.78 is 0. The second-order valence-electron chi connectivity index (χ2n) is 29.9. The van der Waals surface area contributed by atoms with Crippen LogP contribution in [-0.2, 0) is 0 Å². The van der Waals surface area contributed by atoms with Crippen molar-refractivity contribution in [3.05, 3.63) is 386 Å². The Bertz CT molecular complexity index is 6290. The van der Waals surface area contributed by atoms with E-state index in [-0.39, 0.29) is 0 Å². The number of para-hydroxylation sites is 5. The highest BCUT2D eigenvalue weighted by Gasteiger charge is 2.47. The third kappa shape index (κ3) is 9.75. The van der Waals surface area contributed by atoms with Crippen LogP contribution in [0.4, 0.5) is 68.2 Å². The number of nitrogens with zero attached hydrogens (tertiary/aromatic N) is 4. The van der Waals surface area contributed by atoms with E-state index in [0.717, 1.165) is 0 Å². The molecule has 24 rings (SSSR count). The molecule has 0 unspecified atom stereocenters. The zero-order valence-corrected chi connectivity index (χ0v) is 60.7. The summed E-state index contributed by atoms with van der Waals surface area (Å²) >= 11 is 0. The predicted molar refractivity (Wildman–Crippen MR) is 464 cm³/mol. The van der Waals surface area contributed by atoms with Crippen molar-refractivity contribution >= 4 is 161 Å². The summed E-state index contributed by atoms with van der Waals surface area (Å²) in [5.74, 6) is 0.